The fourth-order valence-electron chi connectivity index (χ4n) is 3.43. The normalized spacial score (nSPS) is 16.3. The van der Waals surface area contributed by atoms with Crippen LogP contribution in [0.1, 0.15) is 34.1 Å². The first-order valence-corrected chi connectivity index (χ1v) is 8.76. The van der Waals surface area contributed by atoms with E-state index in [1.165, 1.54) is 0 Å². The van der Waals surface area contributed by atoms with Gasteiger partial charge in [-0.15, -0.1) is 0 Å². The van der Waals surface area contributed by atoms with Gasteiger partial charge in [-0.3, -0.25) is 9.89 Å². The molecule has 0 spiro atoms. The molecule has 1 N–H and O–H groups in total. The maximum absolute atomic E-state index is 13.0. The summed E-state index contributed by atoms with van der Waals surface area (Å²) in [7, 11) is 1.65. The zero-order valence-corrected chi connectivity index (χ0v) is 15.0. The number of benzene rings is 1. The summed E-state index contributed by atoms with van der Waals surface area (Å²) in [4.78, 5) is 14.8. The van der Waals surface area contributed by atoms with E-state index in [0.717, 1.165) is 17.5 Å². The standard InChI is InChI=1S/C19H18ClN3O3/c1-25-10-5-9-23-18(12-6-2-3-7-13(12)20)15-16(14-8-4-11-26-14)21-22-17(15)19(23)24/h2-4,6-8,11,18H,5,9-10H2,1H3,(H,21,22). The van der Waals surface area contributed by atoms with Gasteiger partial charge < -0.3 is 14.1 Å². The first-order valence-electron chi connectivity index (χ1n) is 8.39. The molecule has 1 atom stereocenters. The van der Waals surface area contributed by atoms with Crippen molar-refractivity contribution in [2.75, 3.05) is 20.3 Å². The number of carbonyl (C=O) groups is 1. The predicted molar refractivity (Wildman–Crippen MR) is 97.1 cm³/mol. The number of fused-ring (bicyclic) bond motifs is 1. The molecule has 26 heavy (non-hydrogen) atoms. The topological polar surface area (TPSA) is 71.4 Å². The Kier molecular flexibility index (Phi) is 4.53. The van der Waals surface area contributed by atoms with Crippen molar-refractivity contribution >= 4 is 17.5 Å². The van der Waals surface area contributed by atoms with E-state index in [9.17, 15) is 4.79 Å². The summed E-state index contributed by atoms with van der Waals surface area (Å²) in [5, 5.41) is 7.84. The number of rotatable bonds is 6. The van der Waals surface area contributed by atoms with E-state index < -0.39 is 0 Å². The third-order valence-electron chi connectivity index (χ3n) is 4.57. The third kappa shape index (κ3) is 2.71. The van der Waals surface area contributed by atoms with Gasteiger partial charge in [0, 0.05) is 30.8 Å². The van der Waals surface area contributed by atoms with E-state index >= 15 is 0 Å². The number of hydrogen-bond donors (Lipinski definition) is 1. The second-order valence-corrected chi connectivity index (χ2v) is 6.51. The molecular weight excluding hydrogens is 354 g/mol. The van der Waals surface area contributed by atoms with E-state index in [1.807, 2.05) is 30.3 Å². The first-order chi connectivity index (χ1) is 12.7. The lowest BCUT2D eigenvalue weighted by Gasteiger charge is -2.26. The fraction of sp³-hybridized carbons (Fsp3) is 0.263. The molecule has 3 aromatic rings. The van der Waals surface area contributed by atoms with Crippen molar-refractivity contribution in [2.45, 2.75) is 12.5 Å². The number of ether oxygens (including phenoxy) is 1. The van der Waals surface area contributed by atoms with Gasteiger partial charge in [-0.1, -0.05) is 29.8 Å². The number of carbonyl (C=O) groups excluding carboxylic acids is 1. The highest BCUT2D eigenvalue weighted by atomic mass is 35.5. The number of nitrogens with zero attached hydrogens (tertiary/aromatic N) is 2. The SMILES string of the molecule is COCCCN1C(=O)c2n[nH]c(-c3ccco3)c2C1c1ccccc1Cl. The summed E-state index contributed by atoms with van der Waals surface area (Å²) >= 11 is 6.47. The zero-order chi connectivity index (χ0) is 18.1. The molecule has 4 rings (SSSR count). The molecular formula is C19H18ClN3O3. The molecule has 0 saturated heterocycles. The van der Waals surface area contributed by atoms with Crippen LogP contribution in [0.25, 0.3) is 11.5 Å². The Morgan fingerprint density at radius 2 is 2.15 bits per heavy atom. The lowest BCUT2D eigenvalue weighted by atomic mass is 9.98. The lowest BCUT2D eigenvalue weighted by Crippen LogP contribution is -2.31. The van der Waals surface area contributed by atoms with E-state index in [1.54, 1.807) is 24.3 Å². The van der Waals surface area contributed by atoms with E-state index in [2.05, 4.69) is 10.2 Å². The van der Waals surface area contributed by atoms with E-state index in [4.69, 9.17) is 20.8 Å². The molecule has 0 aliphatic carbocycles. The average molecular weight is 372 g/mol. The lowest BCUT2D eigenvalue weighted by molar-refractivity contribution is 0.0723. The monoisotopic (exact) mass is 371 g/mol. The van der Waals surface area contributed by atoms with Gasteiger partial charge in [0.05, 0.1) is 12.3 Å². The highest BCUT2D eigenvalue weighted by Crippen LogP contribution is 2.44. The Hall–Kier alpha value is -2.57. The van der Waals surface area contributed by atoms with Crippen molar-refractivity contribution in [1.29, 1.82) is 0 Å². The summed E-state index contributed by atoms with van der Waals surface area (Å²) in [6.45, 7) is 1.13. The molecule has 0 saturated carbocycles. The maximum atomic E-state index is 13.0. The number of halogens is 1. The molecule has 2 aromatic heterocycles. The molecule has 7 heteroatoms. The average Bonchev–Trinajstić information content (AvgIpc) is 3.35. The minimum atomic E-state index is -0.318. The van der Waals surface area contributed by atoms with Gasteiger partial charge in [-0.25, -0.2) is 0 Å². The molecule has 134 valence electrons. The third-order valence-corrected chi connectivity index (χ3v) is 4.91. The van der Waals surface area contributed by atoms with Crippen LogP contribution in [0.15, 0.2) is 47.1 Å². The number of aromatic nitrogens is 2. The summed E-state index contributed by atoms with van der Waals surface area (Å²) in [5.74, 6) is 0.525. The van der Waals surface area contributed by atoms with Crippen LogP contribution in [-0.4, -0.2) is 41.3 Å². The van der Waals surface area contributed by atoms with Crippen molar-refractivity contribution in [2.24, 2.45) is 0 Å². The van der Waals surface area contributed by atoms with Crippen molar-refractivity contribution in [3.63, 3.8) is 0 Å². The first kappa shape index (κ1) is 16.9. The second kappa shape index (κ2) is 6.97. The number of hydrogen-bond acceptors (Lipinski definition) is 4. The summed E-state index contributed by atoms with van der Waals surface area (Å²) < 4.78 is 10.7. The smallest absolute Gasteiger partial charge is 0.275 e. The number of furan rings is 1. The Morgan fingerprint density at radius 3 is 2.88 bits per heavy atom. The maximum Gasteiger partial charge on any atom is 0.275 e. The molecule has 1 aliphatic rings. The highest BCUT2D eigenvalue weighted by Gasteiger charge is 2.43. The van der Waals surface area contributed by atoms with Gasteiger partial charge in [0.1, 0.15) is 5.69 Å². The number of methoxy groups -OCH3 is 1. The Labute approximate surface area is 155 Å². The Morgan fingerprint density at radius 1 is 1.31 bits per heavy atom. The van der Waals surface area contributed by atoms with E-state index in [0.29, 0.717) is 35.3 Å². The minimum Gasteiger partial charge on any atom is -0.463 e. The number of nitrogens with one attached hydrogen (secondary N) is 1. The van der Waals surface area contributed by atoms with Gasteiger partial charge >= 0.3 is 0 Å². The van der Waals surface area contributed by atoms with Crippen molar-refractivity contribution in [3.05, 3.63) is 64.5 Å². The summed E-state index contributed by atoms with van der Waals surface area (Å²) in [6.07, 6.45) is 2.33. The molecule has 1 aromatic carbocycles. The van der Waals surface area contributed by atoms with Crippen LogP contribution in [-0.2, 0) is 4.74 Å². The van der Waals surface area contributed by atoms with E-state index in [-0.39, 0.29) is 11.9 Å². The van der Waals surface area contributed by atoms with Gasteiger partial charge in [-0.05, 0) is 30.2 Å². The van der Waals surface area contributed by atoms with Crippen LogP contribution in [0.4, 0.5) is 0 Å². The minimum absolute atomic E-state index is 0.116. The fourth-order valence-corrected chi connectivity index (χ4v) is 3.67. The highest BCUT2D eigenvalue weighted by molar-refractivity contribution is 6.31. The molecule has 0 radical (unpaired) electrons. The molecule has 1 aliphatic heterocycles. The van der Waals surface area contributed by atoms with Crippen LogP contribution in [0.3, 0.4) is 0 Å². The summed E-state index contributed by atoms with van der Waals surface area (Å²) in [6, 6.07) is 10.9. The summed E-state index contributed by atoms with van der Waals surface area (Å²) in [5.41, 5.74) is 2.79. The zero-order valence-electron chi connectivity index (χ0n) is 14.2. The quantitative estimate of drug-likeness (QED) is 0.667. The second-order valence-electron chi connectivity index (χ2n) is 6.11. The van der Waals surface area contributed by atoms with Gasteiger partial charge in [0.25, 0.3) is 5.91 Å². The largest absolute Gasteiger partial charge is 0.463 e. The number of amides is 1. The number of aromatic amines is 1. The molecule has 1 amide bonds. The van der Waals surface area contributed by atoms with Crippen LogP contribution in [0, 0.1) is 0 Å². The molecule has 0 fully saturated rings. The van der Waals surface area contributed by atoms with Crippen LogP contribution >= 0.6 is 11.6 Å². The van der Waals surface area contributed by atoms with Crippen molar-refractivity contribution in [1.82, 2.24) is 15.1 Å². The van der Waals surface area contributed by atoms with Crippen molar-refractivity contribution < 1.29 is 13.9 Å². The van der Waals surface area contributed by atoms with Crippen molar-refractivity contribution in [3.8, 4) is 11.5 Å². The molecule has 3 heterocycles. The Balaban J connectivity index is 1.83. The van der Waals surface area contributed by atoms with Crippen LogP contribution in [0.2, 0.25) is 5.02 Å². The molecule has 0 bridgehead atoms. The van der Waals surface area contributed by atoms with Crippen LogP contribution in [0.5, 0.6) is 0 Å². The Bertz CT molecular complexity index is 920. The predicted octanol–water partition coefficient (Wildman–Crippen LogP) is 3.90. The molecule has 1 unspecified atom stereocenters. The van der Waals surface area contributed by atoms with Gasteiger partial charge in [0.15, 0.2) is 11.5 Å². The van der Waals surface area contributed by atoms with Gasteiger partial charge in [0.2, 0.25) is 0 Å². The van der Waals surface area contributed by atoms with Crippen LogP contribution < -0.4 is 0 Å². The number of H-pyrrole nitrogens is 1. The molecule has 6 nitrogen and oxygen atoms in total. The van der Waals surface area contributed by atoms with Gasteiger partial charge in [-0.2, -0.15) is 5.10 Å².